The third-order valence-electron chi connectivity index (χ3n) is 4.60. The highest BCUT2D eigenvalue weighted by Crippen LogP contribution is 2.18. The van der Waals surface area contributed by atoms with Gasteiger partial charge < -0.3 is 11.1 Å². The van der Waals surface area contributed by atoms with Crippen molar-refractivity contribution >= 4 is 11.8 Å². The molecule has 1 atom stereocenters. The summed E-state index contributed by atoms with van der Waals surface area (Å²) in [5.74, 6) is -1.09. The summed E-state index contributed by atoms with van der Waals surface area (Å²) in [5, 5.41) is 2.60. The molecule has 2 aromatic rings. The van der Waals surface area contributed by atoms with Crippen LogP contribution in [0.25, 0.3) is 5.69 Å². The number of hydrogen-bond acceptors (Lipinski definition) is 3. The number of amides is 2. The zero-order valence-corrected chi connectivity index (χ0v) is 16.4. The number of nitrogens with one attached hydrogen (secondary N) is 1. The molecule has 0 spiro atoms. The van der Waals surface area contributed by atoms with Gasteiger partial charge in [-0.15, -0.1) is 0 Å². The zero-order valence-electron chi connectivity index (χ0n) is 16.4. The van der Waals surface area contributed by atoms with Crippen LogP contribution in [-0.2, 0) is 4.79 Å². The molecule has 27 heavy (non-hydrogen) atoms. The van der Waals surface area contributed by atoms with E-state index in [2.05, 4.69) is 19.2 Å². The summed E-state index contributed by atoms with van der Waals surface area (Å²) in [5.41, 5.74) is 7.28. The molecule has 2 amide bonds. The fraction of sp³-hybridized carbons (Fsp3) is 0.381. The van der Waals surface area contributed by atoms with Crippen molar-refractivity contribution in [2.45, 2.75) is 46.6 Å². The molecule has 0 aliphatic rings. The van der Waals surface area contributed by atoms with Gasteiger partial charge in [-0.1, -0.05) is 39.8 Å². The Morgan fingerprint density at radius 3 is 2.33 bits per heavy atom. The quantitative estimate of drug-likeness (QED) is 0.819. The maximum Gasteiger partial charge on any atom is 0.268 e. The summed E-state index contributed by atoms with van der Waals surface area (Å²) in [6, 6.07) is 8.52. The number of hydrogen-bond donors (Lipinski definition) is 2. The number of carbonyl (C=O) groups is 2. The molecule has 2 rings (SSSR count). The fourth-order valence-electron chi connectivity index (χ4n) is 2.92. The molecule has 0 unspecified atom stereocenters. The van der Waals surface area contributed by atoms with Gasteiger partial charge in [-0.3, -0.25) is 19.0 Å². The van der Waals surface area contributed by atoms with Crippen molar-refractivity contribution in [3.05, 3.63) is 63.6 Å². The number of aromatic nitrogens is 1. The molecule has 0 saturated heterocycles. The van der Waals surface area contributed by atoms with Crippen molar-refractivity contribution in [3.63, 3.8) is 0 Å². The van der Waals surface area contributed by atoms with E-state index >= 15 is 0 Å². The molecule has 0 bridgehead atoms. The molecule has 6 nitrogen and oxygen atoms in total. The first kappa shape index (κ1) is 20.4. The molecule has 1 aromatic heterocycles. The lowest BCUT2D eigenvalue weighted by molar-refractivity contribution is -0.120. The molecule has 1 aromatic carbocycles. The molecule has 6 heteroatoms. The Labute approximate surface area is 159 Å². The SMILES string of the molecule is Cc1ccn(-c2cccc(C(C)C)c2)c(=O)c1C(=O)N[C@H](C(N)=O)C(C)C. The van der Waals surface area contributed by atoms with Gasteiger partial charge in [-0.05, 0) is 48.1 Å². The van der Waals surface area contributed by atoms with Gasteiger partial charge in [0.1, 0.15) is 11.6 Å². The van der Waals surface area contributed by atoms with E-state index in [4.69, 9.17) is 5.73 Å². The number of rotatable bonds is 6. The Kier molecular flexibility index (Phi) is 6.20. The number of aryl methyl sites for hydroxylation is 1. The van der Waals surface area contributed by atoms with Gasteiger partial charge in [0.05, 0.1) is 0 Å². The van der Waals surface area contributed by atoms with E-state index in [1.165, 1.54) is 4.57 Å². The molecule has 0 radical (unpaired) electrons. The van der Waals surface area contributed by atoms with E-state index in [1.807, 2.05) is 24.3 Å². The third kappa shape index (κ3) is 4.45. The van der Waals surface area contributed by atoms with Crippen molar-refractivity contribution in [2.24, 2.45) is 11.7 Å². The molecular formula is C21H27N3O3. The Morgan fingerprint density at radius 2 is 1.78 bits per heavy atom. The number of carbonyl (C=O) groups excluding carboxylic acids is 2. The van der Waals surface area contributed by atoms with Crippen LogP contribution in [0.15, 0.2) is 41.3 Å². The minimum atomic E-state index is -0.839. The largest absolute Gasteiger partial charge is 0.368 e. The zero-order chi connectivity index (χ0) is 20.3. The smallest absolute Gasteiger partial charge is 0.268 e. The lowest BCUT2D eigenvalue weighted by atomic mass is 10.0. The van der Waals surface area contributed by atoms with Gasteiger partial charge in [0.2, 0.25) is 5.91 Å². The van der Waals surface area contributed by atoms with Gasteiger partial charge in [-0.25, -0.2) is 0 Å². The lowest BCUT2D eigenvalue weighted by Crippen LogP contribution is -2.49. The average Bonchev–Trinajstić information content (AvgIpc) is 2.59. The molecule has 1 heterocycles. The number of pyridine rings is 1. The normalized spacial score (nSPS) is 12.3. The summed E-state index contributed by atoms with van der Waals surface area (Å²) in [6.45, 7) is 9.41. The van der Waals surface area contributed by atoms with Gasteiger partial charge >= 0.3 is 0 Å². The summed E-state index contributed by atoms with van der Waals surface area (Å²) in [4.78, 5) is 37.3. The predicted molar refractivity (Wildman–Crippen MR) is 106 cm³/mol. The van der Waals surface area contributed by atoms with Crippen molar-refractivity contribution < 1.29 is 9.59 Å². The van der Waals surface area contributed by atoms with Gasteiger partial charge in [-0.2, -0.15) is 0 Å². The van der Waals surface area contributed by atoms with Crippen LogP contribution < -0.4 is 16.6 Å². The van der Waals surface area contributed by atoms with E-state index in [0.717, 1.165) is 5.56 Å². The van der Waals surface area contributed by atoms with E-state index in [-0.39, 0.29) is 11.5 Å². The first-order valence-corrected chi connectivity index (χ1v) is 9.06. The van der Waals surface area contributed by atoms with Crippen molar-refractivity contribution in [2.75, 3.05) is 0 Å². The molecule has 0 aliphatic heterocycles. The predicted octanol–water partition coefficient (Wildman–Crippen LogP) is 2.51. The van der Waals surface area contributed by atoms with E-state index in [1.54, 1.807) is 33.0 Å². The molecule has 144 valence electrons. The van der Waals surface area contributed by atoms with Crippen LogP contribution in [0.3, 0.4) is 0 Å². The van der Waals surface area contributed by atoms with Crippen LogP contribution in [0.2, 0.25) is 0 Å². The second kappa shape index (κ2) is 8.20. The van der Waals surface area contributed by atoms with Gasteiger partial charge in [0.15, 0.2) is 0 Å². The summed E-state index contributed by atoms with van der Waals surface area (Å²) in [6.07, 6.45) is 1.65. The number of primary amides is 1. The number of benzene rings is 1. The first-order chi connectivity index (χ1) is 12.6. The fourth-order valence-corrected chi connectivity index (χ4v) is 2.92. The summed E-state index contributed by atoms with van der Waals surface area (Å²) >= 11 is 0. The van der Waals surface area contributed by atoms with E-state index < -0.39 is 23.4 Å². The molecule has 0 saturated carbocycles. The standard InChI is InChI=1S/C21H27N3O3/c1-12(2)15-7-6-8-16(11-15)24-10-9-14(5)17(21(24)27)20(26)23-18(13(3)4)19(22)25/h6-13,18H,1-5H3,(H2,22,25)(H,23,26)/t18-/m0/s1. The van der Waals surface area contributed by atoms with Gasteiger partial charge in [0, 0.05) is 11.9 Å². The van der Waals surface area contributed by atoms with E-state index in [9.17, 15) is 14.4 Å². The van der Waals surface area contributed by atoms with Crippen molar-refractivity contribution in [3.8, 4) is 5.69 Å². The minimum Gasteiger partial charge on any atom is -0.368 e. The lowest BCUT2D eigenvalue weighted by Gasteiger charge is -2.19. The average molecular weight is 369 g/mol. The van der Waals surface area contributed by atoms with Crippen LogP contribution in [0.5, 0.6) is 0 Å². The Balaban J connectivity index is 2.49. The molecule has 0 aliphatic carbocycles. The highest BCUT2D eigenvalue weighted by Gasteiger charge is 2.25. The van der Waals surface area contributed by atoms with Crippen LogP contribution in [0.4, 0.5) is 0 Å². The maximum atomic E-state index is 13.0. The monoisotopic (exact) mass is 369 g/mol. The summed E-state index contributed by atoms with van der Waals surface area (Å²) in [7, 11) is 0. The van der Waals surface area contributed by atoms with Crippen LogP contribution in [-0.4, -0.2) is 22.4 Å². The summed E-state index contributed by atoms with van der Waals surface area (Å²) < 4.78 is 1.45. The van der Waals surface area contributed by atoms with Crippen LogP contribution >= 0.6 is 0 Å². The first-order valence-electron chi connectivity index (χ1n) is 9.06. The molecule has 0 fully saturated rings. The number of nitrogens with two attached hydrogens (primary N) is 1. The Morgan fingerprint density at radius 1 is 1.11 bits per heavy atom. The highest BCUT2D eigenvalue weighted by molar-refractivity contribution is 5.98. The van der Waals surface area contributed by atoms with Gasteiger partial charge in [0.25, 0.3) is 11.5 Å². The molecule has 3 N–H and O–H groups in total. The van der Waals surface area contributed by atoms with Crippen LogP contribution in [0, 0.1) is 12.8 Å². The molecular weight excluding hydrogens is 342 g/mol. The van der Waals surface area contributed by atoms with Crippen LogP contribution in [0.1, 0.15) is 55.1 Å². The number of nitrogens with zero attached hydrogens (tertiary/aromatic N) is 1. The minimum absolute atomic E-state index is 0.0133. The van der Waals surface area contributed by atoms with E-state index in [0.29, 0.717) is 17.2 Å². The van der Waals surface area contributed by atoms with Crippen molar-refractivity contribution in [1.29, 1.82) is 0 Å². The highest BCUT2D eigenvalue weighted by atomic mass is 16.2. The third-order valence-corrected chi connectivity index (χ3v) is 4.60. The Bertz CT molecular complexity index is 913. The Hall–Kier alpha value is -2.89. The van der Waals surface area contributed by atoms with Crippen molar-refractivity contribution in [1.82, 2.24) is 9.88 Å². The second-order valence-corrected chi connectivity index (χ2v) is 7.40. The maximum absolute atomic E-state index is 13.0. The second-order valence-electron chi connectivity index (χ2n) is 7.40. The topological polar surface area (TPSA) is 94.2 Å².